The van der Waals surface area contributed by atoms with Gasteiger partial charge in [0, 0.05) is 51.4 Å². The van der Waals surface area contributed by atoms with Gasteiger partial charge in [-0.15, -0.1) is 0 Å². The van der Waals surface area contributed by atoms with Gasteiger partial charge in [0.2, 0.25) is 21.9 Å². The predicted octanol–water partition coefficient (Wildman–Crippen LogP) is 3.05. The standard InChI is InChI=1S/C34H44F2N12O6S/c1-43-26(20-40-34(43)48(49)50)21-47(55(2,51)52)24-15-28-29(37-17-24)16-31(46-11-13-53-14-12-46)42-32(28)54-27-5-3-23(4-6-27)41-33-38-18-25(19-39-33)45-9-7-44(8-10-45)22-30(35)36/h15-20,23,27,30H,3-14,21-22H2,1-2H3,(H,38,39,41). The van der Waals surface area contributed by atoms with Gasteiger partial charge in [-0.2, -0.15) is 4.98 Å². The van der Waals surface area contributed by atoms with Crippen LogP contribution in [0.1, 0.15) is 31.4 Å². The van der Waals surface area contributed by atoms with Crippen molar-refractivity contribution in [2.75, 3.05) is 84.7 Å². The van der Waals surface area contributed by atoms with Crippen molar-refractivity contribution in [3.05, 3.63) is 52.7 Å². The van der Waals surface area contributed by atoms with Crippen LogP contribution in [-0.4, -0.2) is 132 Å². The number of fused-ring (bicyclic) bond motifs is 1. The molecular weight excluding hydrogens is 743 g/mol. The number of aromatic nitrogens is 6. The second-order valence-corrected chi connectivity index (χ2v) is 15.9. The molecule has 1 saturated carbocycles. The summed E-state index contributed by atoms with van der Waals surface area (Å²) in [4.78, 5) is 39.2. The third-order valence-electron chi connectivity index (χ3n) is 10.2. The van der Waals surface area contributed by atoms with Crippen molar-refractivity contribution in [2.45, 2.75) is 50.8 Å². The van der Waals surface area contributed by atoms with E-state index in [0.717, 1.165) is 29.1 Å². The Morgan fingerprint density at radius 2 is 1.69 bits per heavy atom. The van der Waals surface area contributed by atoms with Gasteiger partial charge in [0.25, 0.3) is 6.43 Å². The highest BCUT2D eigenvalue weighted by Crippen LogP contribution is 2.34. The van der Waals surface area contributed by atoms with Crippen molar-refractivity contribution >= 4 is 50.0 Å². The zero-order chi connectivity index (χ0) is 38.7. The molecule has 2 aliphatic heterocycles. The number of sulfonamides is 1. The molecule has 0 radical (unpaired) electrons. The maximum atomic E-state index is 13.1. The van der Waals surface area contributed by atoms with E-state index in [-0.39, 0.29) is 30.9 Å². The van der Waals surface area contributed by atoms with Gasteiger partial charge >= 0.3 is 5.95 Å². The van der Waals surface area contributed by atoms with Crippen molar-refractivity contribution in [2.24, 2.45) is 7.05 Å². The number of imidazole rings is 1. The van der Waals surface area contributed by atoms with E-state index < -0.39 is 27.3 Å². The summed E-state index contributed by atoms with van der Waals surface area (Å²) >= 11 is 0. The van der Waals surface area contributed by atoms with E-state index in [1.165, 1.54) is 24.0 Å². The summed E-state index contributed by atoms with van der Waals surface area (Å²) < 4.78 is 66.3. The van der Waals surface area contributed by atoms with Gasteiger partial charge in [-0.3, -0.25) is 14.2 Å². The predicted molar refractivity (Wildman–Crippen MR) is 200 cm³/mol. The molecule has 3 aliphatic rings. The number of nitrogens with zero attached hydrogens (tertiary/aromatic N) is 11. The Bertz CT molecular complexity index is 2070. The lowest BCUT2D eigenvalue weighted by Crippen LogP contribution is -2.47. The number of nitro groups is 1. The summed E-state index contributed by atoms with van der Waals surface area (Å²) in [5.41, 5.74) is 2.00. The summed E-state index contributed by atoms with van der Waals surface area (Å²) in [7, 11) is -2.41. The summed E-state index contributed by atoms with van der Waals surface area (Å²) in [5.74, 6) is 1.14. The minimum absolute atomic E-state index is 0.118. The number of rotatable bonds is 13. The van der Waals surface area contributed by atoms with Gasteiger partial charge in [-0.05, 0) is 36.7 Å². The average Bonchev–Trinajstić information content (AvgIpc) is 3.54. The molecule has 1 aliphatic carbocycles. The quantitative estimate of drug-likeness (QED) is 0.154. The van der Waals surface area contributed by atoms with Crippen LogP contribution in [-0.2, 0) is 28.4 Å². The van der Waals surface area contributed by atoms with E-state index in [1.54, 1.807) is 23.4 Å². The molecular formula is C34H44F2N12O6S. The summed E-state index contributed by atoms with van der Waals surface area (Å²) in [6.45, 7) is 4.40. The van der Waals surface area contributed by atoms with E-state index in [2.05, 4.69) is 35.1 Å². The molecule has 1 N–H and O–H groups in total. The molecule has 4 aromatic rings. The Kier molecular flexibility index (Phi) is 11.4. The molecule has 4 aromatic heterocycles. The maximum absolute atomic E-state index is 13.1. The number of piperazine rings is 1. The van der Waals surface area contributed by atoms with E-state index in [1.807, 2.05) is 6.07 Å². The zero-order valence-electron chi connectivity index (χ0n) is 30.6. The second kappa shape index (κ2) is 16.4. The van der Waals surface area contributed by atoms with Crippen LogP contribution in [0.3, 0.4) is 0 Å². The van der Waals surface area contributed by atoms with E-state index in [4.69, 9.17) is 14.5 Å². The van der Waals surface area contributed by atoms with Crippen molar-refractivity contribution < 1.29 is 31.6 Å². The highest BCUT2D eigenvalue weighted by atomic mass is 32.2. The third-order valence-corrected chi connectivity index (χ3v) is 11.4. The smallest absolute Gasteiger partial charge is 0.434 e. The SMILES string of the molecule is Cn1c(CN(c2cnc3cc(N4CCOCC4)nc(OC4CCC(Nc5ncc(N6CCN(CC(F)F)CC6)cn5)CC4)c3c2)S(C)(=O)=O)cnc1[N+](=O)[O-]. The number of anilines is 4. The monoisotopic (exact) mass is 786 g/mol. The van der Waals surface area contributed by atoms with Gasteiger partial charge in [-0.25, -0.2) is 31.7 Å². The minimum atomic E-state index is -3.87. The van der Waals surface area contributed by atoms with Crippen LogP contribution in [0, 0.1) is 10.1 Å². The lowest BCUT2D eigenvalue weighted by molar-refractivity contribution is -0.396. The van der Waals surface area contributed by atoms with Crippen LogP contribution >= 0.6 is 0 Å². The topological polar surface area (TPSA) is 190 Å². The first-order valence-electron chi connectivity index (χ1n) is 18.2. The lowest BCUT2D eigenvalue weighted by atomic mass is 9.93. The maximum Gasteiger partial charge on any atom is 0.434 e. The van der Waals surface area contributed by atoms with Crippen molar-refractivity contribution in [3.8, 4) is 5.88 Å². The first kappa shape index (κ1) is 38.3. The van der Waals surface area contributed by atoms with E-state index >= 15 is 0 Å². The van der Waals surface area contributed by atoms with Gasteiger partial charge < -0.3 is 34.7 Å². The van der Waals surface area contributed by atoms with Gasteiger partial charge in [0.05, 0.1) is 80.5 Å². The van der Waals surface area contributed by atoms with Crippen molar-refractivity contribution in [3.63, 3.8) is 0 Å². The van der Waals surface area contributed by atoms with E-state index in [9.17, 15) is 27.3 Å². The number of pyridine rings is 2. The van der Waals surface area contributed by atoms with Crippen LogP contribution in [0.2, 0.25) is 0 Å². The largest absolute Gasteiger partial charge is 0.474 e. The number of hydrogen-bond donors (Lipinski definition) is 1. The van der Waals surface area contributed by atoms with E-state index in [0.29, 0.717) is 99.6 Å². The molecule has 0 unspecified atom stereocenters. The lowest BCUT2D eigenvalue weighted by Gasteiger charge is -2.35. The van der Waals surface area contributed by atoms with Crippen LogP contribution in [0.15, 0.2) is 36.9 Å². The molecule has 55 heavy (non-hydrogen) atoms. The minimum Gasteiger partial charge on any atom is -0.474 e. The first-order valence-corrected chi connectivity index (χ1v) is 20.0. The average molecular weight is 787 g/mol. The van der Waals surface area contributed by atoms with Crippen molar-refractivity contribution in [1.29, 1.82) is 0 Å². The number of alkyl halides is 2. The summed E-state index contributed by atoms with van der Waals surface area (Å²) in [6.07, 6.45) is 7.82. The number of ether oxygens (including phenoxy) is 2. The second-order valence-electron chi connectivity index (χ2n) is 14.0. The first-order chi connectivity index (χ1) is 26.4. The fourth-order valence-corrected chi connectivity index (χ4v) is 8.01. The molecule has 0 spiro atoms. The number of nitrogens with one attached hydrogen (secondary N) is 1. The van der Waals surface area contributed by atoms with Crippen LogP contribution in [0.4, 0.5) is 37.9 Å². The molecule has 3 fully saturated rings. The molecule has 0 atom stereocenters. The van der Waals surface area contributed by atoms with Crippen molar-refractivity contribution in [1.82, 2.24) is 34.4 Å². The van der Waals surface area contributed by atoms with Crippen LogP contribution in [0.5, 0.6) is 5.88 Å². The molecule has 21 heteroatoms. The Balaban J connectivity index is 1.05. The fraction of sp³-hybridized carbons (Fsp3) is 0.559. The Hall–Kier alpha value is -5.02. The summed E-state index contributed by atoms with van der Waals surface area (Å²) in [6, 6.07) is 3.65. The normalized spacial score (nSPS) is 19.9. The molecule has 2 saturated heterocycles. The number of morpholine rings is 1. The summed E-state index contributed by atoms with van der Waals surface area (Å²) in [5, 5.41) is 15.4. The van der Waals surface area contributed by atoms with Gasteiger partial charge in [0.1, 0.15) is 23.8 Å². The molecule has 18 nitrogen and oxygen atoms in total. The number of hydrogen-bond acceptors (Lipinski definition) is 15. The van der Waals surface area contributed by atoms with Crippen LogP contribution in [0.25, 0.3) is 10.9 Å². The molecule has 0 aromatic carbocycles. The molecule has 296 valence electrons. The third kappa shape index (κ3) is 9.10. The highest BCUT2D eigenvalue weighted by molar-refractivity contribution is 7.92. The van der Waals surface area contributed by atoms with Crippen LogP contribution < -0.4 is 24.2 Å². The molecule has 0 amide bonds. The fourth-order valence-electron chi connectivity index (χ4n) is 7.16. The van der Waals surface area contributed by atoms with Gasteiger partial charge in [0.15, 0.2) is 0 Å². The van der Waals surface area contributed by atoms with Gasteiger partial charge in [-0.1, -0.05) is 4.98 Å². The highest BCUT2D eigenvalue weighted by Gasteiger charge is 2.28. The zero-order valence-corrected chi connectivity index (χ0v) is 31.4. The molecule has 6 heterocycles. The molecule has 0 bridgehead atoms. The number of halogens is 2. The Morgan fingerprint density at radius 1 is 0.982 bits per heavy atom. The molecule has 7 rings (SSSR count). The Labute approximate surface area is 316 Å². The Morgan fingerprint density at radius 3 is 2.33 bits per heavy atom.